The number of fused-ring (bicyclic) bond motifs is 1. The van der Waals surface area contributed by atoms with Crippen LogP contribution in [0, 0.1) is 0 Å². The largest absolute Gasteiger partial charge is 0.308 e. The topological polar surface area (TPSA) is 70.6 Å². The Morgan fingerprint density at radius 2 is 1.53 bits per heavy atom. The van der Waals surface area contributed by atoms with Crippen LogP contribution in [0.1, 0.15) is 10.4 Å². The van der Waals surface area contributed by atoms with Crippen LogP contribution < -0.4 is 4.90 Å². The number of rotatable bonds is 7. The summed E-state index contributed by atoms with van der Waals surface area (Å²) in [5.74, 6) is -0.170. The molecule has 3 aromatic carbocycles. The van der Waals surface area contributed by atoms with Crippen molar-refractivity contribution in [3.05, 3.63) is 78.4 Å². The molecular weight excluding hydrogens is 490 g/mol. The van der Waals surface area contributed by atoms with Crippen LogP contribution in [0.2, 0.25) is 0 Å². The molecule has 178 valence electrons. The first-order valence-corrected chi connectivity index (χ1v) is 13.2. The summed E-state index contributed by atoms with van der Waals surface area (Å²) >= 11 is 1.32. The molecule has 1 aromatic heterocycles. The van der Waals surface area contributed by atoms with E-state index in [0.29, 0.717) is 29.3 Å². The highest BCUT2D eigenvalue weighted by molar-refractivity contribution is 7.91. The summed E-state index contributed by atoms with van der Waals surface area (Å²) < 4.78 is 25.2. The van der Waals surface area contributed by atoms with Crippen molar-refractivity contribution in [3.8, 4) is 11.1 Å². The second kappa shape index (κ2) is 10.7. The van der Waals surface area contributed by atoms with E-state index in [2.05, 4.69) is 4.98 Å². The van der Waals surface area contributed by atoms with Gasteiger partial charge in [-0.3, -0.25) is 9.69 Å². The second-order valence-electron chi connectivity index (χ2n) is 8.07. The predicted molar refractivity (Wildman–Crippen MR) is 142 cm³/mol. The van der Waals surface area contributed by atoms with Gasteiger partial charge < -0.3 is 4.90 Å². The molecule has 1 heterocycles. The highest BCUT2D eigenvalue weighted by atomic mass is 35.5. The van der Waals surface area contributed by atoms with E-state index < -0.39 is 9.84 Å². The molecule has 0 bridgehead atoms. The lowest BCUT2D eigenvalue weighted by Crippen LogP contribution is -2.36. The van der Waals surface area contributed by atoms with Crippen LogP contribution in [0.15, 0.2) is 77.7 Å². The SMILES string of the molecule is CN(C)CCN(C(=O)c1ccc(-c2ccccc2)cc1)c1nc2c(S(C)(=O)=O)cccc2s1.Cl. The maximum absolute atomic E-state index is 13.5. The van der Waals surface area contributed by atoms with Gasteiger partial charge in [0.2, 0.25) is 0 Å². The fourth-order valence-electron chi connectivity index (χ4n) is 3.50. The fourth-order valence-corrected chi connectivity index (χ4v) is 5.42. The van der Waals surface area contributed by atoms with Gasteiger partial charge in [0.25, 0.3) is 5.91 Å². The quantitative estimate of drug-likeness (QED) is 0.346. The number of halogens is 1. The molecule has 0 radical (unpaired) electrons. The molecule has 0 aliphatic carbocycles. The first-order chi connectivity index (χ1) is 15.7. The molecule has 4 aromatic rings. The number of hydrogen-bond donors (Lipinski definition) is 0. The number of likely N-dealkylation sites (N-methyl/N-ethyl adjacent to an activating group) is 1. The summed E-state index contributed by atoms with van der Waals surface area (Å²) in [5.41, 5.74) is 3.07. The Balaban J connectivity index is 0.00000324. The third-order valence-electron chi connectivity index (χ3n) is 5.26. The number of sulfone groups is 1. The molecule has 0 unspecified atom stereocenters. The van der Waals surface area contributed by atoms with Crippen LogP contribution in [0.3, 0.4) is 0 Å². The number of amides is 1. The highest BCUT2D eigenvalue weighted by Gasteiger charge is 2.23. The van der Waals surface area contributed by atoms with E-state index in [1.54, 1.807) is 17.0 Å². The number of carbonyl (C=O) groups excluding carboxylic acids is 1. The third-order valence-corrected chi connectivity index (χ3v) is 7.43. The van der Waals surface area contributed by atoms with Gasteiger partial charge in [-0.15, -0.1) is 12.4 Å². The van der Waals surface area contributed by atoms with Crippen molar-refractivity contribution in [2.24, 2.45) is 0 Å². The highest BCUT2D eigenvalue weighted by Crippen LogP contribution is 2.33. The Hall–Kier alpha value is -2.78. The van der Waals surface area contributed by atoms with Crippen LogP contribution in [0.4, 0.5) is 5.13 Å². The van der Waals surface area contributed by atoms with Crippen molar-refractivity contribution in [2.75, 3.05) is 38.3 Å². The molecule has 0 aliphatic heterocycles. The van der Waals surface area contributed by atoms with Gasteiger partial charge in [0.15, 0.2) is 15.0 Å². The lowest BCUT2D eigenvalue weighted by molar-refractivity contribution is 0.0985. The molecule has 0 saturated heterocycles. The van der Waals surface area contributed by atoms with E-state index in [1.807, 2.05) is 79.7 Å². The maximum Gasteiger partial charge on any atom is 0.260 e. The van der Waals surface area contributed by atoms with Crippen molar-refractivity contribution in [2.45, 2.75) is 4.90 Å². The fraction of sp³-hybridized carbons (Fsp3) is 0.200. The molecule has 0 saturated carbocycles. The van der Waals surface area contributed by atoms with Crippen molar-refractivity contribution in [3.63, 3.8) is 0 Å². The normalized spacial score (nSPS) is 11.4. The van der Waals surface area contributed by atoms with Gasteiger partial charge in [-0.2, -0.15) is 0 Å². The van der Waals surface area contributed by atoms with Crippen LogP contribution in [0.25, 0.3) is 21.3 Å². The van der Waals surface area contributed by atoms with Gasteiger partial charge in [-0.05, 0) is 49.5 Å². The lowest BCUT2D eigenvalue weighted by atomic mass is 10.0. The number of carbonyl (C=O) groups is 1. The summed E-state index contributed by atoms with van der Waals surface area (Å²) in [7, 11) is 0.445. The monoisotopic (exact) mass is 515 g/mol. The molecule has 9 heteroatoms. The summed E-state index contributed by atoms with van der Waals surface area (Å²) in [6, 6.07) is 22.6. The Bertz CT molecular complexity index is 1390. The van der Waals surface area contributed by atoms with Gasteiger partial charge >= 0.3 is 0 Å². The molecule has 0 atom stereocenters. The zero-order valence-electron chi connectivity index (χ0n) is 19.1. The minimum absolute atomic E-state index is 0. The minimum Gasteiger partial charge on any atom is -0.308 e. The Labute approximate surface area is 210 Å². The zero-order chi connectivity index (χ0) is 23.6. The van der Waals surface area contributed by atoms with Gasteiger partial charge in [0.1, 0.15) is 5.52 Å². The molecule has 0 N–H and O–H groups in total. The number of para-hydroxylation sites is 1. The summed E-state index contributed by atoms with van der Waals surface area (Å²) in [5, 5.41) is 0.486. The third kappa shape index (κ3) is 5.64. The van der Waals surface area contributed by atoms with E-state index in [9.17, 15) is 13.2 Å². The second-order valence-corrected chi connectivity index (χ2v) is 11.1. The van der Waals surface area contributed by atoms with E-state index in [0.717, 1.165) is 15.8 Å². The van der Waals surface area contributed by atoms with E-state index in [1.165, 1.54) is 17.6 Å². The Morgan fingerprint density at radius 1 is 0.882 bits per heavy atom. The summed E-state index contributed by atoms with van der Waals surface area (Å²) in [4.78, 5) is 21.9. The van der Waals surface area contributed by atoms with Crippen molar-refractivity contribution < 1.29 is 13.2 Å². The lowest BCUT2D eigenvalue weighted by Gasteiger charge is -2.22. The van der Waals surface area contributed by atoms with Gasteiger partial charge in [-0.25, -0.2) is 13.4 Å². The number of thiazole rings is 1. The number of anilines is 1. The van der Waals surface area contributed by atoms with Crippen LogP contribution in [0.5, 0.6) is 0 Å². The van der Waals surface area contributed by atoms with Crippen molar-refractivity contribution in [1.29, 1.82) is 0 Å². The van der Waals surface area contributed by atoms with Crippen molar-refractivity contribution >= 4 is 54.8 Å². The molecule has 0 spiro atoms. The van der Waals surface area contributed by atoms with E-state index in [4.69, 9.17) is 0 Å². The molecule has 6 nitrogen and oxygen atoms in total. The van der Waals surface area contributed by atoms with Gasteiger partial charge in [0, 0.05) is 24.9 Å². The standard InChI is InChI=1S/C25H25N3O3S2.ClH/c1-27(2)16-17-28(25-26-23-21(32-25)10-7-11-22(23)33(3,30)31)24(29)20-14-12-19(13-15-20)18-8-5-4-6-9-18;/h4-15H,16-17H2,1-3H3;1H. The summed E-state index contributed by atoms with van der Waals surface area (Å²) in [6.07, 6.45) is 1.17. The molecule has 1 amide bonds. The number of aromatic nitrogens is 1. The maximum atomic E-state index is 13.5. The van der Waals surface area contributed by atoms with Crippen LogP contribution in [-0.2, 0) is 9.84 Å². The first kappa shape index (κ1) is 25.8. The average molecular weight is 516 g/mol. The molecule has 34 heavy (non-hydrogen) atoms. The molecule has 4 rings (SSSR count). The number of nitrogens with zero attached hydrogens (tertiary/aromatic N) is 3. The minimum atomic E-state index is -3.44. The zero-order valence-corrected chi connectivity index (χ0v) is 21.6. The average Bonchev–Trinajstić information content (AvgIpc) is 3.22. The van der Waals surface area contributed by atoms with Crippen LogP contribution in [-0.4, -0.2) is 57.6 Å². The molecule has 0 aliphatic rings. The first-order valence-electron chi connectivity index (χ1n) is 10.5. The van der Waals surface area contributed by atoms with Gasteiger partial charge in [-0.1, -0.05) is 59.9 Å². The van der Waals surface area contributed by atoms with Crippen molar-refractivity contribution in [1.82, 2.24) is 9.88 Å². The number of hydrogen-bond acceptors (Lipinski definition) is 6. The summed E-state index contributed by atoms with van der Waals surface area (Å²) in [6.45, 7) is 1.07. The predicted octanol–water partition coefficient (Wildman–Crippen LogP) is 5.00. The van der Waals surface area contributed by atoms with Crippen LogP contribution >= 0.6 is 23.7 Å². The molecule has 0 fully saturated rings. The Morgan fingerprint density at radius 3 is 2.15 bits per heavy atom. The smallest absolute Gasteiger partial charge is 0.260 e. The Kier molecular flexibility index (Phi) is 8.09. The van der Waals surface area contributed by atoms with E-state index in [-0.39, 0.29) is 23.2 Å². The van der Waals surface area contributed by atoms with Gasteiger partial charge in [0.05, 0.1) is 9.60 Å². The number of benzene rings is 3. The van der Waals surface area contributed by atoms with E-state index >= 15 is 0 Å². The molecular formula is C25H26ClN3O3S2.